The van der Waals surface area contributed by atoms with Crippen LogP contribution in [0.15, 0.2) is 23.8 Å². The average molecular weight is 427 g/mol. The van der Waals surface area contributed by atoms with Gasteiger partial charge in [-0.2, -0.15) is 0 Å². The molecule has 4 rings (SSSR count). The van der Waals surface area contributed by atoms with Crippen molar-refractivity contribution in [1.29, 1.82) is 0 Å². The van der Waals surface area contributed by atoms with Crippen LogP contribution in [0.5, 0.6) is 0 Å². The molecule has 3 fully saturated rings. The van der Waals surface area contributed by atoms with Crippen molar-refractivity contribution < 1.29 is 9.90 Å². The van der Waals surface area contributed by atoms with Gasteiger partial charge in [0.15, 0.2) is 5.78 Å². The third-order valence-corrected chi connectivity index (χ3v) is 10.7. The van der Waals surface area contributed by atoms with Gasteiger partial charge >= 0.3 is 0 Å². The number of rotatable bonds is 5. The lowest BCUT2D eigenvalue weighted by Gasteiger charge is -2.59. The summed E-state index contributed by atoms with van der Waals surface area (Å²) in [7, 11) is 0. The highest BCUT2D eigenvalue weighted by atomic mass is 16.3. The zero-order chi connectivity index (χ0) is 22.6. The highest BCUT2D eigenvalue weighted by molar-refractivity contribution is 5.91. The average Bonchev–Trinajstić information content (AvgIpc) is 3.07. The Bertz CT molecular complexity index is 748. The summed E-state index contributed by atoms with van der Waals surface area (Å²) < 4.78 is 0. The van der Waals surface area contributed by atoms with Crippen molar-refractivity contribution in [3.63, 3.8) is 0 Å². The number of carbonyl (C=O) groups is 1. The molecule has 1 N–H and O–H groups in total. The Balaban J connectivity index is 1.55. The van der Waals surface area contributed by atoms with Crippen LogP contribution in [-0.2, 0) is 4.79 Å². The molecule has 174 valence electrons. The molecule has 4 aliphatic rings. The van der Waals surface area contributed by atoms with Crippen LogP contribution in [0.3, 0.4) is 0 Å². The summed E-state index contributed by atoms with van der Waals surface area (Å²) in [6.45, 7) is 14.4. The lowest BCUT2D eigenvalue weighted by atomic mass is 9.46. The number of carbonyl (C=O) groups excluding carboxylic acids is 1. The topological polar surface area (TPSA) is 37.3 Å². The van der Waals surface area contributed by atoms with Crippen LogP contribution in [0, 0.1) is 52.3 Å². The molecule has 9 atom stereocenters. The molecule has 0 heterocycles. The van der Waals surface area contributed by atoms with Gasteiger partial charge in [-0.25, -0.2) is 0 Å². The van der Waals surface area contributed by atoms with Crippen LogP contribution >= 0.6 is 0 Å². The van der Waals surface area contributed by atoms with Crippen LogP contribution in [-0.4, -0.2) is 17.0 Å². The number of hydrogen-bond acceptors (Lipinski definition) is 2. The molecular weight excluding hydrogens is 380 g/mol. The Labute approximate surface area is 191 Å². The summed E-state index contributed by atoms with van der Waals surface area (Å²) in [5.41, 5.74) is 1.50. The first-order valence-corrected chi connectivity index (χ1v) is 13.2. The van der Waals surface area contributed by atoms with Crippen molar-refractivity contribution in [1.82, 2.24) is 0 Å². The minimum absolute atomic E-state index is 0.0345. The molecule has 0 aromatic rings. The molecule has 0 saturated heterocycles. The molecule has 0 radical (unpaired) electrons. The number of allylic oxidation sites excluding steroid dienone is 2. The molecule has 0 unspecified atom stereocenters. The van der Waals surface area contributed by atoms with Gasteiger partial charge in [-0.15, -0.1) is 0 Å². The van der Waals surface area contributed by atoms with E-state index in [1.165, 1.54) is 32.1 Å². The number of hydrogen-bond donors (Lipinski definition) is 1. The van der Waals surface area contributed by atoms with Crippen LogP contribution in [0.25, 0.3) is 0 Å². The van der Waals surface area contributed by atoms with E-state index in [0.29, 0.717) is 41.4 Å². The summed E-state index contributed by atoms with van der Waals surface area (Å²) in [6.07, 6.45) is 15.4. The van der Waals surface area contributed by atoms with Gasteiger partial charge in [0.25, 0.3) is 0 Å². The van der Waals surface area contributed by atoms with E-state index in [-0.39, 0.29) is 11.2 Å². The Morgan fingerprint density at radius 3 is 2.52 bits per heavy atom. The Kier molecular flexibility index (Phi) is 6.36. The first-order chi connectivity index (χ1) is 14.6. The van der Waals surface area contributed by atoms with E-state index >= 15 is 0 Å². The highest BCUT2D eigenvalue weighted by Gasteiger charge is 2.60. The van der Waals surface area contributed by atoms with Crippen LogP contribution in [0.2, 0.25) is 0 Å². The lowest BCUT2D eigenvalue weighted by Crippen LogP contribution is -2.54. The molecule has 3 saturated carbocycles. The maximum absolute atomic E-state index is 12.1. The fourth-order valence-electron chi connectivity index (χ4n) is 8.79. The third-order valence-electron chi connectivity index (χ3n) is 10.7. The predicted molar refractivity (Wildman–Crippen MR) is 129 cm³/mol. The fourth-order valence-corrected chi connectivity index (χ4v) is 8.79. The van der Waals surface area contributed by atoms with Crippen molar-refractivity contribution in [2.75, 3.05) is 0 Å². The van der Waals surface area contributed by atoms with E-state index in [1.54, 1.807) is 0 Å². The summed E-state index contributed by atoms with van der Waals surface area (Å²) >= 11 is 0. The second-order valence-corrected chi connectivity index (χ2v) is 12.4. The van der Waals surface area contributed by atoms with Gasteiger partial charge < -0.3 is 5.11 Å². The van der Waals surface area contributed by atoms with Crippen molar-refractivity contribution in [3.05, 3.63) is 23.8 Å². The van der Waals surface area contributed by atoms with Crippen molar-refractivity contribution in [2.24, 2.45) is 52.3 Å². The fraction of sp³-hybridized carbons (Fsp3) is 0.828. The van der Waals surface area contributed by atoms with Crippen molar-refractivity contribution >= 4 is 5.78 Å². The molecular formula is C29H46O2. The van der Waals surface area contributed by atoms with E-state index in [4.69, 9.17) is 0 Å². The van der Waals surface area contributed by atoms with E-state index in [1.807, 2.05) is 6.08 Å². The SMILES string of the molecule is CC[C@H](/C=C\[C@H](C)[C@H]1CC[C@@H]2[C@@H]3C[C@@H](O)C4=CC(=O)CC[C@]4(C)[C@@H]3CC[C@@]21C)C(C)C. The van der Waals surface area contributed by atoms with Gasteiger partial charge in [-0.1, -0.05) is 53.7 Å². The third kappa shape index (κ3) is 3.79. The van der Waals surface area contributed by atoms with Crippen molar-refractivity contribution in [3.8, 4) is 0 Å². The first-order valence-electron chi connectivity index (χ1n) is 13.2. The number of aliphatic hydroxyl groups is 1. The van der Waals surface area contributed by atoms with Crippen LogP contribution in [0.1, 0.15) is 92.9 Å². The van der Waals surface area contributed by atoms with Gasteiger partial charge in [0, 0.05) is 6.42 Å². The monoisotopic (exact) mass is 426 g/mol. The van der Waals surface area contributed by atoms with Gasteiger partial charge in [0.05, 0.1) is 6.10 Å². The summed E-state index contributed by atoms with van der Waals surface area (Å²) in [6, 6.07) is 0. The van der Waals surface area contributed by atoms with Gasteiger partial charge in [-0.05, 0) is 109 Å². The van der Waals surface area contributed by atoms with Crippen LogP contribution in [0.4, 0.5) is 0 Å². The zero-order valence-corrected chi connectivity index (χ0v) is 20.9. The Morgan fingerprint density at radius 1 is 1.10 bits per heavy atom. The normalized spacial score (nSPS) is 44.6. The lowest BCUT2D eigenvalue weighted by molar-refractivity contribution is -0.119. The molecule has 0 spiro atoms. The quantitative estimate of drug-likeness (QED) is 0.481. The largest absolute Gasteiger partial charge is 0.389 e. The maximum Gasteiger partial charge on any atom is 0.155 e. The van der Waals surface area contributed by atoms with Crippen molar-refractivity contribution in [2.45, 2.75) is 99.0 Å². The van der Waals surface area contributed by atoms with E-state index in [2.05, 4.69) is 53.7 Å². The van der Waals surface area contributed by atoms with E-state index in [9.17, 15) is 9.90 Å². The minimum Gasteiger partial charge on any atom is -0.389 e. The molecule has 0 amide bonds. The number of ketones is 1. The second-order valence-electron chi connectivity index (χ2n) is 12.4. The molecule has 4 aliphatic carbocycles. The molecule has 2 heteroatoms. The molecule has 31 heavy (non-hydrogen) atoms. The first kappa shape index (κ1) is 23.3. The van der Waals surface area contributed by atoms with Gasteiger partial charge in [-0.3, -0.25) is 4.79 Å². The Hall–Kier alpha value is -0.890. The predicted octanol–water partition coefficient (Wildman–Crippen LogP) is 6.98. The van der Waals surface area contributed by atoms with E-state index < -0.39 is 6.10 Å². The Morgan fingerprint density at radius 2 is 1.84 bits per heavy atom. The molecule has 0 aliphatic heterocycles. The molecule has 2 nitrogen and oxygen atoms in total. The standard InChI is InChI=1S/C29H46O2/c1-7-20(18(2)3)9-8-19(4)23-10-11-24-22-17-27(31)26-16-21(30)12-14-29(26,6)25(22)13-15-28(23,24)5/h8-9,16,18-20,22-25,27,31H,7,10-15,17H2,1-6H3/b9-8-/t19-,20+,22-,23+,24+,25+,27+,28+,29+/m0/s1. The zero-order valence-electron chi connectivity index (χ0n) is 20.9. The smallest absolute Gasteiger partial charge is 0.155 e. The maximum atomic E-state index is 12.1. The summed E-state index contributed by atoms with van der Waals surface area (Å²) in [5, 5.41) is 11.1. The number of aliphatic hydroxyl groups excluding tert-OH is 1. The molecule has 0 aromatic heterocycles. The highest BCUT2D eigenvalue weighted by Crippen LogP contribution is 2.67. The number of fused-ring (bicyclic) bond motifs is 5. The summed E-state index contributed by atoms with van der Waals surface area (Å²) in [5.74, 6) is 5.00. The molecule has 0 bridgehead atoms. The second kappa shape index (κ2) is 8.47. The summed E-state index contributed by atoms with van der Waals surface area (Å²) in [4.78, 5) is 12.1. The van der Waals surface area contributed by atoms with Gasteiger partial charge in [0.1, 0.15) is 0 Å². The van der Waals surface area contributed by atoms with Crippen LogP contribution < -0.4 is 0 Å². The molecule has 0 aromatic carbocycles. The van der Waals surface area contributed by atoms with E-state index in [0.717, 1.165) is 30.3 Å². The van der Waals surface area contributed by atoms with Gasteiger partial charge in [0.2, 0.25) is 0 Å². The minimum atomic E-state index is -0.412.